The van der Waals surface area contributed by atoms with Crippen LogP contribution >= 0.6 is 11.3 Å². The van der Waals surface area contributed by atoms with E-state index in [1.54, 1.807) is 24.6 Å². The van der Waals surface area contributed by atoms with Crippen LogP contribution < -0.4 is 9.64 Å². The Labute approximate surface area is 187 Å². The fraction of sp³-hybridized carbons (Fsp3) is 0.250. The Morgan fingerprint density at radius 1 is 1.00 bits per heavy atom. The summed E-state index contributed by atoms with van der Waals surface area (Å²) in [7, 11) is 5.83. The van der Waals surface area contributed by atoms with E-state index in [2.05, 4.69) is 70.7 Å². The van der Waals surface area contributed by atoms with Gasteiger partial charge in [-0.25, -0.2) is 9.97 Å². The van der Waals surface area contributed by atoms with E-state index in [1.165, 1.54) is 11.1 Å². The maximum atomic E-state index is 5.41. The highest BCUT2D eigenvalue weighted by atomic mass is 32.1. The van der Waals surface area contributed by atoms with E-state index in [4.69, 9.17) is 9.72 Å². The van der Waals surface area contributed by atoms with E-state index in [0.717, 1.165) is 41.9 Å². The fourth-order valence-electron chi connectivity index (χ4n) is 3.43. The number of aromatic nitrogens is 3. The number of imidazole rings is 1. The zero-order chi connectivity index (χ0) is 21.6. The number of hydrogen-bond acceptors (Lipinski definition) is 6. The monoisotopic (exact) mass is 433 g/mol. The number of methoxy groups -OCH3 is 1. The van der Waals surface area contributed by atoms with Crippen LogP contribution in [0.4, 0.5) is 5.13 Å². The highest BCUT2D eigenvalue weighted by Gasteiger charge is 2.14. The van der Waals surface area contributed by atoms with Gasteiger partial charge in [0.15, 0.2) is 5.13 Å². The smallest absolute Gasteiger partial charge is 0.186 e. The molecule has 0 aliphatic rings. The summed E-state index contributed by atoms with van der Waals surface area (Å²) in [6, 6.07) is 16.8. The lowest BCUT2D eigenvalue weighted by Crippen LogP contribution is -2.22. The SMILES string of the molecule is COc1cccc(CN(Cc2ccc(-n3ccnc3)cc2)c2nc(CN(C)C)cs2)c1. The topological polar surface area (TPSA) is 46.4 Å². The number of ether oxygens (including phenoxy) is 1. The maximum Gasteiger partial charge on any atom is 0.186 e. The lowest BCUT2D eigenvalue weighted by Gasteiger charge is -2.23. The largest absolute Gasteiger partial charge is 0.497 e. The van der Waals surface area contributed by atoms with Crippen molar-refractivity contribution in [2.75, 3.05) is 26.1 Å². The third-order valence-electron chi connectivity index (χ3n) is 4.91. The minimum Gasteiger partial charge on any atom is -0.497 e. The Morgan fingerprint density at radius 2 is 1.81 bits per heavy atom. The molecule has 0 aliphatic heterocycles. The first-order valence-electron chi connectivity index (χ1n) is 10.1. The molecule has 0 bridgehead atoms. The van der Waals surface area contributed by atoms with Gasteiger partial charge in [0.2, 0.25) is 0 Å². The molecule has 0 amide bonds. The van der Waals surface area contributed by atoms with Gasteiger partial charge in [-0.2, -0.15) is 0 Å². The van der Waals surface area contributed by atoms with E-state index in [9.17, 15) is 0 Å². The Hall–Kier alpha value is -3.16. The molecule has 2 aromatic carbocycles. The Kier molecular flexibility index (Phi) is 6.64. The Bertz CT molecular complexity index is 1090. The van der Waals surface area contributed by atoms with Crippen molar-refractivity contribution in [1.29, 1.82) is 0 Å². The van der Waals surface area contributed by atoms with Gasteiger partial charge in [-0.05, 0) is 49.5 Å². The quantitative estimate of drug-likeness (QED) is 0.386. The van der Waals surface area contributed by atoms with Gasteiger partial charge in [-0.3, -0.25) is 0 Å². The predicted octanol–water partition coefficient (Wildman–Crippen LogP) is 4.61. The van der Waals surface area contributed by atoms with Gasteiger partial charge in [-0.1, -0.05) is 24.3 Å². The van der Waals surface area contributed by atoms with Crippen LogP contribution in [-0.2, 0) is 19.6 Å². The first kappa shape index (κ1) is 21.1. The summed E-state index contributed by atoms with van der Waals surface area (Å²) < 4.78 is 7.42. The van der Waals surface area contributed by atoms with E-state index in [0.29, 0.717) is 0 Å². The van der Waals surface area contributed by atoms with Gasteiger partial charge in [0, 0.05) is 43.1 Å². The standard InChI is InChI=1S/C24H27N5OS/c1-27(2)16-21-17-31-24(26-21)29(15-20-5-4-6-23(13-20)30-3)14-19-7-9-22(10-8-19)28-12-11-25-18-28/h4-13,17-18H,14-16H2,1-3H3. The van der Waals surface area contributed by atoms with Crippen LogP contribution in [0, 0.1) is 0 Å². The number of anilines is 1. The molecule has 4 aromatic rings. The molecule has 31 heavy (non-hydrogen) atoms. The molecule has 6 nitrogen and oxygen atoms in total. The summed E-state index contributed by atoms with van der Waals surface area (Å²) in [5, 5.41) is 3.18. The predicted molar refractivity (Wildman–Crippen MR) is 126 cm³/mol. The molecule has 160 valence electrons. The normalized spacial score (nSPS) is 11.1. The van der Waals surface area contributed by atoms with Gasteiger partial charge >= 0.3 is 0 Å². The first-order valence-corrected chi connectivity index (χ1v) is 11.0. The van der Waals surface area contributed by atoms with Gasteiger partial charge in [0.1, 0.15) is 5.75 Å². The van der Waals surface area contributed by atoms with Crippen molar-refractivity contribution >= 4 is 16.5 Å². The molecule has 4 rings (SSSR count). The van der Waals surface area contributed by atoms with Crippen molar-refractivity contribution in [3.8, 4) is 11.4 Å². The highest BCUT2D eigenvalue weighted by molar-refractivity contribution is 7.13. The van der Waals surface area contributed by atoms with Crippen LogP contribution in [0.15, 0.2) is 72.6 Å². The summed E-state index contributed by atoms with van der Waals surface area (Å²) in [5.41, 5.74) is 4.62. The fourth-order valence-corrected chi connectivity index (χ4v) is 4.24. The Balaban J connectivity index is 1.57. The van der Waals surface area contributed by atoms with Crippen molar-refractivity contribution < 1.29 is 4.74 Å². The molecule has 0 spiro atoms. The summed E-state index contributed by atoms with van der Waals surface area (Å²) in [4.78, 5) is 13.5. The lowest BCUT2D eigenvalue weighted by molar-refractivity contribution is 0.398. The van der Waals surface area contributed by atoms with Gasteiger partial charge in [0.25, 0.3) is 0 Å². The number of hydrogen-bond donors (Lipinski definition) is 0. The van der Waals surface area contributed by atoms with Crippen LogP contribution in [0.1, 0.15) is 16.8 Å². The second-order valence-electron chi connectivity index (χ2n) is 7.70. The zero-order valence-corrected chi connectivity index (χ0v) is 18.9. The van der Waals surface area contributed by atoms with E-state index < -0.39 is 0 Å². The van der Waals surface area contributed by atoms with Crippen molar-refractivity contribution in [2.45, 2.75) is 19.6 Å². The van der Waals surface area contributed by atoms with Crippen molar-refractivity contribution in [3.05, 3.63) is 89.5 Å². The van der Waals surface area contributed by atoms with Gasteiger partial charge in [-0.15, -0.1) is 11.3 Å². The average molecular weight is 434 g/mol. The van der Waals surface area contributed by atoms with Gasteiger partial charge < -0.3 is 19.1 Å². The number of nitrogens with zero attached hydrogens (tertiary/aromatic N) is 5. The second kappa shape index (κ2) is 9.76. The molecule has 0 unspecified atom stereocenters. The van der Waals surface area contributed by atoms with Crippen molar-refractivity contribution in [2.24, 2.45) is 0 Å². The molecule has 2 aromatic heterocycles. The zero-order valence-electron chi connectivity index (χ0n) is 18.1. The molecule has 0 aliphatic carbocycles. The molecule has 0 saturated carbocycles. The summed E-state index contributed by atoms with van der Waals surface area (Å²) in [5.74, 6) is 0.870. The van der Waals surface area contributed by atoms with E-state index in [1.807, 2.05) is 29.2 Å². The molecule has 7 heteroatoms. The van der Waals surface area contributed by atoms with Crippen LogP contribution in [0.25, 0.3) is 5.69 Å². The van der Waals surface area contributed by atoms with Crippen molar-refractivity contribution in [3.63, 3.8) is 0 Å². The minimum atomic E-state index is 0.759. The van der Waals surface area contributed by atoms with Crippen LogP contribution in [0.5, 0.6) is 5.75 Å². The molecular formula is C24H27N5OS. The lowest BCUT2D eigenvalue weighted by atomic mass is 10.1. The molecule has 0 N–H and O–H groups in total. The first-order chi connectivity index (χ1) is 15.1. The highest BCUT2D eigenvalue weighted by Crippen LogP contribution is 2.26. The van der Waals surface area contributed by atoms with Crippen LogP contribution in [-0.4, -0.2) is 40.6 Å². The number of thiazole rings is 1. The molecule has 2 heterocycles. The minimum absolute atomic E-state index is 0.759. The maximum absolute atomic E-state index is 5.41. The molecule has 0 fully saturated rings. The summed E-state index contributed by atoms with van der Waals surface area (Å²) in [6.07, 6.45) is 5.55. The summed E-state index contributed by atoms with van der Waals surface area (Å²) in [6.45, 7) is 2.37. The van der Waals surface area contributed by atoms with E-state index >= 15 is 0 Å². The van der Waals surface area contributed by atoms with Crippen LogP contribution in [0.2, 0.25) is 0 Å². The van der Waals surface area contributed by atoms with Gasteiger partial charge in [0.05, 0.1) is 19.1 Å². The number of rotatable bonds is 9. The van der Waals surface area contributed by atoms with Crippen molar-refractivity contribution in [1.82, 2.24) is 19.4 Å². The summed E-state index contributed by atoms with van der Waals surface area (Å²) >= 11 is 1.69. The molecule has 0 atom stereocenters. The average Bonchev–Trinajstić information content (AvgIpc) is 3.46. The molecular weight excluding hydrogens is 406 g/mol. The molecule has 0 saturated heterocycles. The van der Waals surface area contributed by atoms with E-state index in [-0.39, 0.29) is 0 Å². The second-order valence-corrected chi connectivity index (χ2v) is 8.54. The number of benzene rings is 2. The molecule has 0 radical (unpaired) electrons. The third kappa shape index (κ3) is 5.51. The van der Waals surface area contributed by atoms with Crippen LogP contribution in [0.3, 0.4) is 0 Å². The Morgan fingerprint density at radius 3 is 2.52 bits per heavy atom. The third-order valence-corrected chi connectivity index (χ3v) is 5.86.